The Morgan fingerprint density at radius 3 is 1.87 bits per heavy atom. The van der Waals surface area contributed by atoms with E-state index in [1.165, 1.54) is 76.2 Å². The van der Waals surface area contributed by atoms with Gasteiger partial charge < -0.3 is 0 Å². The van der Waals surface area contributed by atoms with E-state index in [-0.39, 0.29) is 0 Å². The Hall–Kier alpha value is -1.77. The molecular formula is C27H35F3. The molecule has 1 fully saturated rings. The molecule has 0 spiro atoms. The molecule has 0 aromatic heterocycles. The third-order valence-electron chi connectivity index (χ3n) is 6.79. The van der Waals surface area contributed by atoms with Crippen LogP contribution in [0.25, 0.3) is 11.1 Å². The molecule has 0 unspecified atom stereocenters. The molecule has 30 heavy (non-hydrogen) atoms. The van der Waals surface area contributed by atoms with Crippen LogP contribution in [0.1, 0.15) is 83.1 Å². The molecule has 0 heterocycles. The molecule has 164 valence electrons. The molecule has 1 aliphatic carbocycles. The highest BCUT2D eigenvalue weighted by Gasteiger charge is 2.20. The molecule has 1 aliphatic rings. The second kappa shape index (κ2) is 11.6. The summed E-state index contributed by atoms with van der Waals surface area (Å²) in [7, 11) is 0. The topological polar surface area (TPSA) is 0 Å². The van der Waals surface area contributed by atoms with Crippen LogP contribution in [0.15, 0.2) is 36.4 Å². The Balaban J connectivity index is 1.41. The predicted molar refractivity (Wildman–Crippen MR) is 119 cm³/mol. The van der Waals surface area contributed by atoms with Crippen molar-refractivity contribution in [1.29, 1.82) is 0 Å². The first-order chi connectivity index (χ1) is 14.6. The lowest BCUT2D eigenvalue weighted by Crippen LogP contribution is -2.15. The second-order valence-corrected chi connectivity index (χ2v) is 9.08. The molecule has 3 rings (SSSR count). The van der Waals surface area contributed by atoms with Gasteiger partial charge in [-0.25, -0.2) is 13.2 Å². The minimum atomic E-state index is -1.42. The highest BCUT2D eigenvalue weighted by molar-refractivity contribution is 5.63. The Morgan fingerprint density at radius 1 is 0.700 bits per heavy atom. The van der Waals surface area contributed by atoms with Gasteiger partial charge in [-0.05, 0) is 53.5 Å². The molecule has 2 aromatic rings. The Kier molecular flexibility index (Phi) is 8.84. The van der Waals surface area contributed by atoms with E-state index in [0.29, 0.717) is 11.1 Å². The number of unbranched alkanes of at least 4 members (excludes halogenated alkanes) is 4. The zero-order valence-corrected chi connectivity index (χ0v) is 18.2. The lowest BCUT2D eigenvalue weighted by Gasteiger charge is -2.28. The molecule has 0 saturated heterocycles. The summed E-state index contributed by atoms with van der Waals surface area (Å²) in [6.45, 7) is 2.27. The van der Waals surface area contributed by atoms with Crippen LogP contribution in [0.2, 0.25) is 0 Å². The van der Waals surface area contributed by atoms with Gasteiger partial charge in [-0.2, -0.15) is 0 Å². The maximum absolute atomic E-state index is 13.5. The fraction of sp³-hybridized carbons (Fsp3) is 0.556. The lowest BCUT2D eigenvalue weighted by atomic mass is 9.77. The summed E-state index contributed by atoms with van der Waals surface area (Å²) < 4.78 is 40.1. The average molecular weight is 417 g/mol. The van der Waals surface area contributed by atoms with E-state index in [4.69, 9.17) is 0 Å². The summed E-state index contributed by atoms with van der Waals surface area (Å²) >= 11 is 0. The highest BCUT2D eigenvalue weighted by atomic mass is 19.2. The van der Waals surface area contributed by atoms with Gasteiger partial charge in [0.05, 0.1) is 0 Å². The van der Waals surface area contributed by atoms with Crippen LogP contribution in [0.4, 0.5) is 13.2 Å². The molecule has 0 radical (unpaired) electrons. The normalized spacial score (nSPS) is 19.2. The smallest absolute Gasteiger partial charge is 0.194 e. The molecular weight excluding hydrogens is 381 g/mol. The van der Waals surface area contributed by atoms with Crippen molar-refractivity contribution in [2.24, 2.45) is 11.8 Å². The van der Waals surface area contributed by atoms with Crippen LogP contribution in [-0.4, -0.2) is 0 Å². The van der Waals surface area contributed by atoms with Crippen molar-refractivity contribution in [3.05, 3.63) is 59.4 Å². The van der Waals surface area contributed by atoms with E-state index >= 15 is 0 Å². The van der Waals surface area contributed by atoms with Crippen molar-refractivity contribution in [1.82, 2.24) is 0 Å². The van der Waals surface area contributed by atoms with Crippen molar-refractivity contribution >= 4 is 0 Å². The maximum Gasteiger partial charge on any atom is 0.194 e. The van der Waals surface area contributed by atoms with Crippen molar-refractivity contribution in [2.75, 3.05) is 0 Å². The second-order valence-electron chi connectivity index (χ2n) is 9.08. The van der Waals surface area contributed by atoms with Crippen molar-refractivity contribution in [3.8, 4) is 11.1 Å². The molecule has 0 N–H and O–H groups in total. The molecule has 3 heteroatoms. The van der Waals surface area contributed by atoms with Gasteiger partial charge in [-0.15, -0.1) is 0 Å². The van der Waals surface area contributed by atoms with Crippen molar-refractivity contribution in [2.45, 2.75) is 84.0 Å². The first-order valence-corrected chi connectivity index (χ1v) is 11.8. The maximum atomic E-state index is 13.5. The number of hydrogen-bond acceptors (Lipinski definition) is 0. The van der Waals surface area contributed by atoms with Gasteiger partial charge in [0, 0.05) is 0 Å². The Labute approximate surface area is 179 Å². The van der Waals surface area contributed by atoms with Gasteiger partial charge in [0.25, 0.3) is 0 Å². The summed E-state index contributed by atoms with van der Waals surface area (Å²) in [5.74, 6) is -1.95. The molecule has 0 nitrogen and oxygen atoms in total. The Bertz CT molecular complexity index is 750. The number of hydrogen-bond donors (Lipinski definition) is 0. The zero-order chi connectivity index (χ0) is 21.3. The zero-order valence-electron chi connectivity index (χ0n) is 18.2. The number of rotatable bonds is 10. The first kappa shape index (κ1) is 22.9. The van der Waals surface area contributed by atoms with E-state index in [9.17, 15) is 13.2 Å². The molecule has 0 bridgehead atoms. The average Bonchev–Trinajstić information content (AvgIpc) is 2.77. The summed E-state index contributed by atoms with van der Waals surface area (Å²) in [6, 6.07) is 9.89. The molecule has 1 saturated carbocycles. The molecule has 0 amide bonds. The monoisotopic (exact) mass is 416 g/mol. The van der Waals surface area contributed by atoms with Crippen LogP contribution in [0.5, 0.6) is 0 Å². The quantitative estimate of drug-likeness (QED) is 0.268. The number of aryl methyl sites for hydroxylation is 1. The van der Waals surface area contributed by atoms with E-state index in [2.05, 4.69) is 6.92 Å². The van der Waals surface area contributed by atoms with Gasteiger partial charge >= 0.3 is 0 Å². The van der Waals surface area contributed by atoms with Crippen LogP contribution in [0, 0.1) is 29.3 Å². The van der Waals surface area contributed by atoms with E-state index in [1.807, 2.05) is 24.3 Å². The van der Waals surface area contributed by atoms with Crippen molar-refractivity contribution in [3.63, 3.8) is 0 Å². The summed E-state index contributed by atoms with van der Waals surface area (Å²) in [6.07, 6.45) is 16.1. The third-order valence-corrected chi connectivity index (χ3v) is 6.79. The van der Waals surface area contributed by atoms with Gasteiger partial charge in [0.2, 0.25) is 0 Å². The first-order valence-electron chi connectivity index (χ1n) is 11.8. The third kappa shape index (κ3) is 6.62. The minimum Gasteiger partial charge on any atom is -0.204 e. The van der Waals surface area contributed by atoms with Crippen LogP contribution in [0.3, 0.4) is 0 Å². The van der Waals surface area contributed by atoms with E-state index in [0.717, 1.165) is 30.4 Å². The molecule has 0 aliphatic heterocycles. The number of halogens is 3. The van der Waals surface area contributed by atoms with Crippen molar-refractivity contribution < 1.29 is 13.2 Å². The van der Waals surface area contributed by atoms with Gasteiger partial charge in [0.15, 0.2) is 17.5 Å². The summed E-state index contributed by atoms with van der Waals surface area (Å²) in [5.41, 5.74) is 2.32. The van der Waals surface area contributed by atoms with Gasteiger partial charge in [-0.1, -0.05) is 95.4 Å². The summed E-state index contributed by atoms with van der Waals surface area (Å²) in [5, 5.41) is 0. The van der Waals surface area contributed by atoms with Gasteiger partial charge in [-0.3, -0.25) is 0 Å². The Morgan fingerprint density at radius 2 is 1.27 bits per heavy atom. The van der Waals surface area contributed by atoms with Crippen LogP contribution >= 0.6 is 0 Å². The fourth-order valence-corrected chi connectivity index (χ4v) is 4.80. The number of benzene rings is 2. The van der Waals surface area contributed by atoms with E-state index < -0.39 is 17.5 Å². The van der Waals surface area contributed by atoms with Crippen LogP contribution < -0.4 is 0 Å². The van der Waals surface area contributed by atoms with E-state index in [1.54, 1.807) is 0 Å². The SMILES string of the molecule is CCCCCCCC1CCC(CCc2ccc(-c3cc(F)c(F)c(F)c3)cc2)CC1. The predicted octanol–water partition coefficient (Wildman–Crippen LogP) is 8.87. The van der Waals surface area contributed by atoms with Gasteiger partial charge in [0.1, 0.15) is 0 Å². The standard InChI is InChI=1S/C27H35F3/c1-2-3-4-5-6-7-20-8-10-21(11-9-20)12-13-22-14-16-23(17-15-22)24-18-25(28)27(30)26(29)19-24/h14-21H,2-13H2,1H3. The lowest BCUT2D eigenvalue weighted by molar-refractivity contribution is 0.248. The molecule has 0 atom stereocenters. The fourth-order valence-electron chi connectivity index (χ4n) is 4.80. The summed E-state index contributed by atoms with van der Waals surface area (Å²) in [4.78, 5) is 0. The van der Waals surface area contributed by atoms with Crippen LogP contribution in [-0.2, 0) is 6.42 Å². The minimum absolute atomic E-state index is 0.367. The molecule has 2 aromatic carbocycles. The highest BCUT2D eigenvalue weighted by Crippen LogP contribution is 2.34. The largest absolute Gasteiger partial charge is 0.204 e.